The van der Waals surface area contributed by atoms with Crippen LogP contribution in [-0.2, 0) is 4.79 Å². The van der Waals surface area contributed by atoms with Crippen LogP contribution in [0.1, 0.15) is 94.9 Å². The van der Waals surface area contributed by atoms with Crippen LogP contribution in [0.2, 0.25) is 0 Å². The third-order valence-corrected chi connectivity index (χ3v) is 8.94. The molecule has 0 aromatic carbocycles. The molecule has 2 aliphatic carbocycles. The van der Waals surface area contributed by atoms with Gasteiger partial charge in [-0.05, 0) is 81.9 Å². The zero-order valence-corrected chi connectivity index (χ0v) is 27.5. The van der Waals surface area contributed by atoms with Gasteiger partial charge in [0.2, 0.25) is 0 Å². The first-order valence-corrected chi connectivity index (χ1v) is 15.2. The summed E-state index contributed by atoms with van der Waals surface area (Å²) in [7, 11) is 0. The minimum atomic E-state index is -0.248. The summed E-state index contributed by atoms with van der Waals surface area (Å²) < 4.78 is 0. The average Bonchev–Trinajstić information content (AvgIpc) is 3.17. The van der Waals surface area contributed by atoms with Crippen molar-refractivity contribution in [2.75, 3.05) is 0 Å². The summed E-state index contributed by atoms with van der Waals surface area (Å²) in [5.41, 5.74) is 7.47. The Labute approximate surface area is 252 Å². The van der Waals surface area contributed by atoms with E-state index in [0.717, 1.165) is 31.3 Å². The highest BCUT2D eigenvalue weighted by Gasteiger charge is 2.49. The van der Waals surface area contributed by atoms with Crippen molar-refractivity contribution in [1.82, 2.24) is 0 Å². The molecule has 220 valence electrons. The largest absolute Gasteiger partial charge is 0.294 e. The number of hydrogen-bond acceptors (Lipinski definition) is 1. The summed E-state index contributed by atoms with van der Waals surface area (Å²) in [4.78, 5) is 12.9. The smallest absolute Gasteiger partial charge is 0.162 e. The maximum absolute atomic E-state index is 12.9. The molecule has 0 unspecified atom stereocenters. The topological polar surface area (TPSA) is 17.1 Å². The molecule has 0 aromatic heterocycles. The highest BCUT2D eigenvalue weighted by atomic mass is 16.1. The molecule has 1 nitrogen and oxygen atoms in total. The van der Waals surface area contributed by atoms with Gasteiger partial charge in [0, 0.05) is 5.41 Å². The van der Waals surface area contributed by atoms with E-state index in [9.17, 15) is 4.79 Å². The molecule has 0 bridgehead atoms. The first-order valence-electron chi connectivity index (χ1n) is 15.2. The van der Waals surface area contributed by atoms with E-state index in [1.165, 1.54) is 27.9 Å². The Morgan fingerprint density at radius 3 is 1.71 bits per heavy atom. The van der Waals surface area contributed by atoms with Gasteiger partial charge in [-0.1, -0.05) is 154 Å². The van der Waals surface area contributed by atoms with Gasteiger partial charge in [0.25, 0.3) is 0 Å². The third kappa shape index (κ3) is 10.3. The Balaban J connectivity index is 1.87. The SMILES string of the molecule is CC1=C(/C=C/C(C)=C/C=C/C(C)=C/C=C/C=C(C)/C=C/C=C(C)/C=C/C(=O)[C@]2(C)CCCC2(C)C)C(C)(C)CC=C1. The second kappa shape index (κ2) is 15.2. The molecule has 0 radical (unpaired) electrons. The van der Waals surface area contributed by atoms with Gasteiger partial charge >= 0.3 is 0 Å². The maximum atomic E-state index is 12.9. The van der Waals surface area contributed by atoms with Crippen LogP contribution in [0.5, 0.6) is 0 Å². The van der Waals surface area contributed by atoms with Crippen LogP contribution in [0, 0.1) is 16.2 Å². The van der Waals surface area contributed by atoms with Crippen molar-refractivity contribution in [2.45, 2.75) is 94.9 Å². The van der Waals surface area contributed by atoms with Gasteiger partial charge in [-0.2, -0.15) is 0 Å². The molecule has 0 N–H and O–H groups in total. The Morgan fingerprint density at radius 1 is 0.683 bits per heavy atom. The standard InChI is InChI=1S/C40H54O/c1-31(19-13-21-33(3)24-26-36-35(5)23-15-28-38(36,6)7)17-11-12-18-32(2)20-14-22-34(4)25-27-37(41)40(10)30-16-29-39(40,8)9/h11-15,17-27H,16,28-30H2,1-10H3/b12-11+,19-13+,20-14+,26-24+,27-25+,31-17+,32-18+,33-21+,34-22+/t40-/m0/s1. The zero-order chi connectivity index (χ0) is 30.7. The fourth-order valence-electron chi connectivity index (χ4n) is 5.52. The summed E-state index contributed by atoms with van der Waals surface area (Å²) in [5.74, 6) is 0.253. The maximum Gasteiger partial charge on any atom is 0.162 e. The van der Waals surface area contributed by atoms with Crippen molar-refractivity contribution < 1.29 is 4.79 Å². The Kier molecular flexibility index (Phi) is 12.6. The first-order chi connectivity index (χ1) is 19.2. The lowest BCUT2D eigenvalue weighted by molar-refractivity contribution is -0.127. The highest BCUT2D eigenvalue weighted by Crippen LogP contribution is 2.53. The zero-order valence-electron chi connectivity index (χ0n) is 27.5. The van der Waals surface area contributed by atoms with E-state index >= 15 is 0 Å². The Bertz CT molecular complexity index is 1280. The lowest BCUT2D eigenvalue weighted by Crippen LogP contribution is -2.36. The minimum absolute atomic E-state index is 0.0701. The van der Waals surface area contributed by atoms with Crippen molar-refractivity contribution >= 4 is 5.78 Å². The fraction of sp³-hybridized carbons (Fsp3) is 0.425. The summed E-state index contributed by atoms with van der Waals surface area (Å²) in [6, 6.07) is 0. The van der Waals surface area contributed by atoms with Gasteiger partial charge in [0.15, 0.2) is 5.78 Å². The molecule has 1 atom stereocenters. The summed E-state index contributed by atoms with van der Waals surface area (Å²) in [5, 5.41) is 0. The van der Waals surface area contributed by atoms with Gasteiger partial charge < -0.3 is 0 Å². The molecule has 2 rings (SSSR count). The van der Waals surface area contributed by atoms with Crippen LogP contribution < -0.4 is 0 Å². The fourth-order valence-corrected chi connectivity index (χ4v) is 5.52. The van der Waals surface area contributed by atoms with Crippen LogP contribution in [0.4, 0.5) is 0 Å². The molecule has 1 saturated carbocycles. The number of ketones is 1. The molecule has 0 aromatic rings. The van der Waals surface area contributed by atoms with Gasteiger partial charge in [-0.3, -0.25) is 4.79 Å². The molecule has 2 aliphatic rings. The van der Waals surface area contributed by atoms with E-state index in [-0.39, 0.29) is 22.0 Å². The van der Waals surface area contributed by atoms with Crippen LogP contribution >= 0.6 is 0 Å². The van der Waals surface area contributed by atoms with Gasteiger partial charge in [-0.25, -0.2) is 0 Å². The Hall–Kier alpha value is -3.19. The molecular formula is C40H54O. The number of allylic oxidation sites excluding steroid dienone is 22. The summed E-state index contributed by atoms with van der Waals surface area (Å²) >= 11 is 0. The highest BCUT2D eigenvalue weighted by molar-refractivity contribution is 5.95. The second-order valence-corrected chi connectivity index (χ2v) is 13.4. The second-order valence-electron chi connectivity index (χ2n) is 13.4. The summed E-state index contributed by atoms with van der Waals surface area (Å²) in [6.45, 7) is 21.8. The van der Waals surface area contributed by atoms with E-state index in [1.807, 2.05) is 19.1 Å². The van der Waals surface area contributed by atoms with E-state index in [4.69, 9.17) is 0 Å². The van der Waals surface area contributed by atoms with Crippen molar-refractivity contribution in [3.63, 3.8) is 0 Å². The van der Waals surface area contributed by atoms with Crippen LogP contribution in [0.3, 0.4) is 0 Å². The van der Waals surface area contributed by atoms with Gasteiger partial charge in [0.05, 0.1) is 0 Å². The normalized spacial score (nSPS) is 24.4. The van der Waals surface area contributed by atoms with Crippen molar-refractivity contribution in [1.29, 1.82) is 0 Å². The predicted octanol–water partition coefficient (Wildman–Crippen LogP) is 11.6. The van der Waals surface area contributed by atoms with Crippen LogP contribution in [-0.4, -0.2) is 5.78 Å². The number of carbonyl (C=O) groups is 1. The molecule has 1 heteroatoms. The van der Waals surface area contributed by atoms with Crippen LogP contribution in [0.15, 0.2) is 131 Å². The van der Waals surface area contributed by atoms with Gasteiger partial charge in [-0.15, -0.1) is 0 Å². The summed E-state index contributed by atoms with van der Waals surface area (Å²) in [6.07, 6.45) is 38.0. The molecule has 41 heavy (non-hydrogen) atoms. The number of hydrogen-bond donors (Lipinski definition) is 0. The van der Waals surface area contributed by atoms with Crippen molar-refractivity contribution in [3.8, 4) is 0 Å². The minimum Gasteiger partial charge on any atom is -0.294 e. The lowest BCUT2D eigenvalue weighted by atomic mass is 9.66. The molecular weight excluding hydrogens is 496 g/mol. The number of rotatable bonds is 11. The third-order valence-electron chi connectivity index (χ3n) is 8.94. The molecule has 0 aliphatic heterocycles. The van der Waals surface area contributed by atoms with E-state index in [1.54, 1.807) is 6.08 Å². The molecule has 0 amide bonds. The van der Waals surface area contributed by atoms with Gasteiger partial charge in [0.1, 0.15) is 0 Å². The Morgan fingerprint density at radius 2 is 1.20 bits per heavy atom. The van der Waals surface area contributed by atoms with Crippen LogP contribution in [0.25, 0.3) is 0 Å². The average molecular weight is 551 g/mol. The predicted molar refractivity (Wildman–Crippen MR) is 182 cm³/mol. The molecule has 0 saturated heterocycles. The van der Waals surface area contributed by atoms with Crippen molar-refractivity contribution in [3.05, 3.63) is 131 Å². The molecule has 1 fully saturated rings. The number of carbonyl (C=O) groups excluding carboxylic acids is 1. The first kappa shape index (κ1) is 34.0. The monoisotopic (exact) mass is 550 g/mol. The lowest BCUT2D eigenvalue weighted by Gasteiger charge is -2.36. The molecule has 0 spiro atoms. The molecule has 0 heterocycles. The van der Waals surface area contributed by atoms with Crippen molar-refractivity contribution in [2.24, 2.45) is 16.2 Å². The van der Waals surface area contributed by atoms with E-state index in [0.29, 0.717) is 0 Å². The quantitative estimate of drug-likeness (QED) is 0.185. The van der Waals surface area contributed by atoms with E-state index < -0.39 is 0 Å². The van der Waals surface area contributed by atoms with E-state index in [2.05, 4.69) is 141 Å².